The second-order valence-electron chi connectivity index (χ2n) is 5.76. The molecular formula is C19H15F3N2O2S. The van der Waals surface area contributed by atoms with Crippen LogP contribution in [0.15, 0.2) is 58.3 Å². The van der Waals surface area contributed by atoms with Crippen LogP contribution in [0.1, 0.15) is 11.1 Å². The van der Waals surface area contributed by atoms with Crippen LogP contribution in [0.3, 0.4) is 0 Å². The number of fused-ring (bicyclic) bond motifs is 1. The van der Waals surface area contributed by atoms with Crippen LogP contribution in [-0.2, 0) is 15.8 Å². The summed E-state index contributed by atoms with van der Waals surface area (Å²) in [5.74, 6) is -0.693. The summed E-state index contributed by atoms with van der Waals surface area (Å²) in [4.78, 5) is 27.1. The third-order valence-electron chi connectivity index (χ3n) is 3.95. The maximum Gasteiger partial charge on any atom is 0.416 e. The number of nitrogens with zero attached hydrogens (tertiary/aromatic N) is 1. The van der Waals surface area contributed by atoms with E-state index in [-0.39, 0.29) is 18.4 Å². The Morgan fingerprint density at radius 1 is 1.15 bits per heavy atom. The molecule has 0 fully saturated rings. The molecule has 2 amide bonds. The number of benzene rings is 2. The Labute approximate surface area is 158 Å². The maximum absolute atomic E-state index is 12.8. The molecule has 0 radical (unpaired) electrons. The lowest BCUT2D eigenvalue weighted by Crippen LogP contribution is -2.41. The van der Waals surface area contributed by atoms with Crippen LogP contribution in [0.25, 0.3) is 6.08 Å². The molecule has 3 rings (SSSR count). The number of alkyl halides is 3. The molecule has 0 atom stereocenters. The predicted octanol–water partition coefficient (Wildman–Crippen LogP) is 3.93. The Kier molecular flexibility index (Phi) is 5.27. The maximum atomic E-state index is 12.8. The molecule has 140 valence electrons. The van der Waals surface area contributed by atoms with Crippen LogP contribution < -0.4 is 10.2 Å². The zero-order chi connectivity index (χ0) is 19.6. The molecule has 27 heavy (non-hydrogen) atoms. The van der Waals surface area contributed by atoms with Gasteiger partial charge in [-0.15, -0.1) is 0 Å². The highest BCUT2D eigenvalue weighted by Gasteiger charge is 2.31. The van der Waals surface area contributed by atoms with E-state index >= 15 is 0 Å². The Morgan fingerprint density at radius 3 is 2.44 bits per heavy atom. The zero-order valence-electron chi connectivity index (χ0n) is 14.2. The highest BCUT2D eigenvalue weighted by atomic mass is 32.2. The fraction of sp³-hybridized carbons (Fsp3) is 0.158. The summed E-state index contributed by atoms with van der Waals surface area (Å²) < 4.78 is 38.1. The van der Waals surface area contributed by atoms with Crippen molar-refractivity contribution in [2.45, 2.75) is 11.1 Å². The molecule has 2 aromatic carbocycles. The van der Waals surface area contributed by atoms with E-state index in [0.29, 0.717) is 16.2 Å². The number of para-hydroxylation sites is 1. The van der Waals surface area contributed by atoms with Gasteiger partial charge >= 0.3 is 6.18 Å². The first-order chi connectivity index (χ1) is 12.8. The number of anilines is 1. The van der Waals surface area contributed by atoms with Crippen molar-refractivity contribution in [3.8, 4) is 0 Å². The Bertz CT molecular complexity index is 908. The number of amides is 2. The van der Waals surface area contributed by atoms with E-state index in [1.807, 2.05) is 12.1 Å². The van der Waals surface area contributed by atoms with Crippen LogP contribution in [0.2, 0.25) is 0 Å². The van der Waals surface area contributed by atoms with Crippen LogP contribution in [-0.4, -0.2) is 25.4 Å². The van der Waals surface area contributed by atoms with Crippen LogP contribution in [0.5, 0.6) is 0 Å². The number of hydrogen-bond acceptors (Lipinski definition) is 3. The van der Waals surface area contributed by atoms with Crippen molar-refractivity contribution in [3.63, 3.8) is 0 Å². The molecule has 1 N–H and O–H groups in total. The molecule has 1 heterocycles. The van der Waals surface area contributed by atoms with Gasteiger partial charge in [-0.3, -0.25) is 14.5 Å². The largest absolute Gasteiger partial charge is 0.416 e. The van der Waals surface area contributed by atoms with Gasteiger partial charge in [-0.25, -0.2) is 0 Å². The van der Waals surface area contributed by atoms with Crippen molar-refractivity contribution in [1.82, 2.24) is 5.32 Å². The quantitative estimate of drug-likeness (QED) is 0.806. The van der Waals surface area contributed by atoms with Gasteiger partial charge in [0.2, 0.25) is 5.91 Å². The fourth-order valence-electron chi connectivity index (χ4n) is 2.56. The minimum atomic E-state index is -4.41. The molecule has 0 unspecified atom stereocenters. The number of carbonyl (C=O) groups is 2. The topological polar surface area (TPSA) is 49.4 Å². The molecular weight excluding hydrogens is 377 g/mol. The smallest absolute Gasteiger partial charge is 0.358 e. The van der Waals surface area contributed by atoms with Gasteiger partial charge in [0.25, 0.3) is 5.91 Å². The highest BCUT2D eigenvalue weighted by molar-refractivity contribution is 8.04. The van der Waals surface area contributed by atoms with E-state index < -0.39 is 11.7 Å². The van der Waals surface area contributed by atoms with Gasteiger partial charge < -0.3 is 5.32 Å². The van der Waals surface area contributed by atoms with E-state index in [0.717, 1.165) is 17.0 Å². The number of halogens is 3. The van der Waals surface area contributed by atoms with Crippen LogP contribution >= 0.6 is 11.8 Å². The molecule has 2 aromatic rings. The number of likely N-dealkylation sites (N-methyl/N-ethyl adjacent to an activating group) is 1. The van der Waals surface area contributed by atoms with E-state index in [1.54, 1.807) is 12.1 Å². The van der Waals surface area contributed by atoms with Gasteiger partial charge in [0.1, 0.15) is 6.54 Å². The van der Waals surface area contributed by atoms with Crippen molar-refractivity contribution in [3.05, 3.63) is 64.6 Å². The standard InChI is InChI=1S/C19H15F3N2O2S/c1-23-17(25)11-24-14-4-2-3-5-15(14)27-16(18(24)26)10-12-6-8-13(9-7-12)19(20,21)22/h2-10H,11H2,1H3,(H,23,25)/b16-10-. The third-order valence-corrected chi connectivity index (χ3v) is 5.03. The van der Waals surface area contributed by atoms with E-state index in [9.17, 15) is 22.8 Å². The fourth-order valence-corrected chi connectivity index (χ4v) is 3.62. The second kappa shape index (κ2) is 7.48. The summed E-state index contributed by atoms with van der Waals surface area (Å²) >= 11 is 1.22. The molecule has 1 aliphatic rings. The summed E-state index contributed by atoms with van der Waals surface area (Å²) in [5.41, 5.74) is 0.345. The van der Waals surface area contributed by atoms with Crippen molar-refractivity contribution in [2.75, 3.05) is 18.5 Å². The SMILES string of the molecule is CNC(=O)CN1C(=O)/C(=C/c2ccc(C(F)(F)F)cc2)Sc2ccccc21. The van der Waals surface area contributed by atoms with Crippen molar-refractivity contribution >= 4 is 35.3 Å². The summed E-state index contributed by atoms with van der Waals surface area (Å²) in [7, 11) is 1.48. The molecule has 0 bridgehead atoms. The number of nitrogens with one attached hydrogen (secondary N) is 1. The van der Waals surface area contributed by atoms with Gasteiger partial charge in [0.15, 0.2) is 0 Å². The molecule has 4 nitrogen and oxygen atoms in total. The normalized spacial score (nSPS) is 15.6. The zero-order valence-corrected chi connectivity index (χ0v) is 15.0. The monoisotopic (exact) mass is 392 g/mol. The molecule has 1 aliphatic heterocycles. The van der Waals surface area contributed by atoms with Crippen molar-refractivity contribution in [2.24, 2.45) is 0 Å². The van der Waals surface area contributed by atoms with Gasteiger partial charge in [0.05, 0.1) is 16.2 Å². The third kappa shape index (κ3) is 4.16. The first-order valence-corrected chi connectivity index (χ1v) is 8.79. The Morgan fingerprint density at radius 2 is 1.81 bits per heavy atom. The molecule has 0 aliphatic carbocycles. The number of carbonyl (C=O) groups excluding carboxylic acids is 2. The van der Waals surface area contributed by atoms with Crippen molar-refractivity contribution in [1.29, 1.82) is 0 Å². The number of rotatable bonds is 3. The molecule has 0 spiro atoms. The average Bonchev–Trinajstić information content (AvgIpc) is 2.64. The number of hydrogen-bond donors (Lipinski definition) is 1. The Hall–Kier alpha value is -2.74. The van der Waals surface area contributed by atoms with Crippen LogP contribution in [0.4, 0.5) is 18.9 Å². The average molecular weight is 392 g/mol. The van der Waals surface area contributed by atoms with Crippen LogP contribution in [0, 0.1) is 0 Å². The van der Waals surface area contributed by atoms with E-state index in [4.69, 9.17) is 0 Å². The Balaban J connectivity index is 1.95. The van der Waals surface area contributed by atoms with E-state index in [2.05, 4.69) is 5.32 Å². The second-order valence-corrected chi connectivity index (χ2v) is 6.85. The molecule has 0 saturated carbocycles. The number of thioether (sulfide) groups is 1. The highest BCUT2D eigenvalue weighted by Crippen LogP contribution is 2.42. The van der Waals surface area contributed by atoms with Crippen molar-refractivity contribution < 1.29 is 22.8 Å². The lowest BCUT2D eigenvalue weighted by atomic mass is 10.1. The summed E-state index contributed by atoms with van der Waals surface area (Å²) in [5, 5.41) is 2.48. The van der Waals surface area contributed by atoms with Gasteiger partial charge in [-0.2, -0.15) is 13.2 Å². The van der Waals surface area contributed by atoms with Gasteiger partial charge in [0, 0.05) is 11.9 Å². The van der Waals surface area contributed by atoms with E-state index in [1.165, 1.54) is 41.9 Å². The minimum absolute atomic E-state index is 0.142. The summed E-state index contributed by atoms with van der Waals surface area (Å²) in [6, 6.07) is 11.7. The summed E-state index contributed by atoms with van der Waals surface area (Å²) in [6.45, 7) is -0.142. The summed E-state index contributed by atoms with van der Waals surface area (Å²) in [6.07, 6.45) is -2.88. The molecule has 0 aromatic heterocycles. The van der Waals surface area contributed by atoms with Gasteiger partial charge in [-0.05, 0) is 35.9 Å². The molecule has 8 heteroatoms. The molecule has 0 saturated heterocycles. The first kappa shape index (κ1) is 19.0. The first-order valence-electron chi connectivity index (χ1n) is 7.98. The minimum Gasteiger partial charge on any atom is -0.358 e. The lowest BCUT2D eigenvalue weighted by Gasteiger charge is -2.29. The van der Waals surface area contributed by atoms with Gasteiger partial charge in [-0.1, -0.05) is 36.0 Å². The lowest BCUT2D eigenvalue weighted by molar-refractivity contribution is -0.137. The predicted molar refractivity (Wildman–Crippen MR) is 98.1 cm³/mol.